The van der Waals surface area contributed by atoms with Crippen LogP contribution in [0.5, 0.6) is 0 Å². The molecule has 3 nitrogen and oxygen atoms in total. The number of halogens is 1. The fraction of sp³-hybridized carbons (Fsp3) is 0.364. The maximum Gasteiger partial charge on any atom is 0.132 e. The van der Waals surface area contributed by atoms with E-state index >= 15 is 0 Å². The fourth-order valence-electron chi connectivity index (χ4n) is 1.62. The molecule has 2 aromatic rings. The number of aromatic nitrogens is 2. The third-order valence-electron chi connectivity index (χ3n) is 2.31. The minimum absolute atomic E-state index is 0.371. The van der Waals surface area contributed by atoms with Crippen LogP contribution in [0.25, 0.3) is 5.52 Å². The van der Waals surface area contributed by atoms with Crippen LogP contribution in [0.2, 0.25) is 0 Å². The predicted molar refractivity (Wildman–Crippen MR) is 63.0 cm³/mol. The Morgan fingerprint density at radius 3 is 3.00 bits per heavy atom. The molecule has 0 amide bonds. The van der Waals surface area contributed by atoms with Gasteiger partial charge in [0.05, 0.1) is 11.6 Å². The van der Waals surface area contributed by atoms with Crippen molar-refractivity contribution in [2.75, 3.05) is 0 Å². The molecule has 0 bridgehead atoms. The molecule has 0 saturated heterocycles. The zero-order valence-corrected chi connectivity index (χ0v) is 10.3. The second kappa shape index (κ2) is 3.94. The molecule has 0 aromatic carbocycles. The molecule has 0 radical (unpaired) electrons. The van der Waals surface area contributed by atoms with E-state index in [-0.39, 0.29) is 6.10 Å². The average Bonchev–Trinajstić information content (AvgIpc) is 2.42. The smallest absolute Gasteiger partial charge is 0.132 e. The van der Waals surface area contributed by atoms with Gasteiger partial charge in [-0.2, -0.15) is 0 Å². The number of aliphatic hydroxyl groups excluding tert-OH is 1. The molecule has 0 aliphatic carbocycles. The summed E-state index contributed by atoms with van der Waals surface area (Å²) in [5, 5.41) is 9.36. The summed E-state index contributed by atoms with van der Waals surface area (Å²) in [6.07, 6.45) is 2.18. The topological polar surface area (TPSA) is 37.5 Å². The first-order valence-electron chi connectivity index (χ1n) is 4.89. The van der Waals surface area contributed by atoms with Crippen LogP contribution >= 0.6 is 15.9 Å². The molecular weight excluding hydrogens is 256 g/mol. The van der Waals surface area contributed by atoms with Crippen molar-refractivity contribution in [2.24, 2.45) is 0 Å². The average molecular weight is 269 g/mol. The van der Waals surface area contributed by atoms with Gasteiger partial charge in [-0.25, -0.2) is 4.98 Å². The molecule has 0 spiro atoms. The second-order valence-corrected chi connectivity index (χ2v) is 4.58. The van der Waals surface area contributed by atoms with Gasteiger partial charge >= 0.3 is 0 Å². The molecule has 0 fully saturated rings. The highest BCUT2D eigenvalue weighted by atomic mass is 79.9. The second-order valence-electron chi connectivity index (χ2n) is 3.83. The molecule has 1 unspecified atom stereocenters. The number of hydrogen-bond acceptors (Lipinski definition) is 2. The zero-order chi connectivity index (χ0) is 11.0. The largest absolute Gasteiger partial charge is 0.393 e. The number of rotatable bonds is 2. The summed E-state index contributed by atoms with van der Waals surface area (Å²) in [6, 6.07) is 4.11. The number of aliphatic hydroxyl groups is 1. The lowest BCUT2D eigenvalue weighted by Crippen LogP contribution is -2.07. The molecule has 4 heteroatoms. The number of hydrogen-bond donors (Lipinski definition) is 1. The van der Waals surface area contributed by atoms with E-state index < -0.39 is 0 Å². The van der Waals surface area contributed by atoms with Crippen LogP contribution in [0.15, 0.2) is 22.9 Å². The van der Waals surface area contributed by atoms with Crippen LogP contribution in [-0.4, -0.2) is 20.6 Å². The third kappa shape index (κ3) is 2.06. The van der Waals surface area contributed by atoms with E-state index in [0.29, 0.717) is 6.42 Å². The third-order valence-corrected chi connectivity index (χ3v) is 2.89. The van der Waals surface area contributed by atoms with Gasteiger partial charge in [0.2, 0.25) is 0 Å². The Kier molecular flexibility index (Phi) is 2.80. The Morgan fingerprint density at radius 1 is 1.60 bits per heavy atom. The number of aryl methyl sites for hydroxylation is 1. The summed E-state index contributed by atoms with van der Waals surface area (Å²) in [4.78, 5) is 4.39. The summed E-state index contributed by atoms with van der Waals surface area (Å²) in [7, 11) is 0. The highest BCUT2D eigenvalue weighted by Gasteiger charge is 2.10. The molecule has 1 N–H and O–H groups in total. The number of pyridine rings is 1. The standard InChI is InChI=1S/C11H13BrN2O/c1-7-3-4-14-9(5-7)11(12)13-10(14)6-8(2)15/h3-5,8,15H,6H2,1-2H3. The van der Waals surface area contributed by atoms with Crippen LogP contribution in [0.4, 0.5) is 0 Å². The lowest BCUT2D eigenvalue weighted by Gasteiger charge is -2.03. The molecule has 0 saturated carbocycles. The van der Waals surface area contributed by atoms with Gasteiger partial charge in [-0.05, 0) is 47.5 Å². The van der Waals surface area contributed by atoms with Crippen molar-refractivity contribution < 1.29 is 5.11 Å². The summed E-state index contributed by atoms with van der Waals surface area (Å²) in [5.74, 6) is 0.881. The highest BCUT2D eigenvalue weighted by Crippen LogP contribution is 2.20. The van der Waals surface area contributed by atoms with Gasteiger partial charge in [-0.1, -0.05) is 0 Å². The summed E-state index contributed by atoms with van der Waals surface area (Å²) in [5.41, 5.74) is 2.25. The zero-order valence-electron chi connectivity index (χ0n) is 8.74. The van der Waals surface area contributed by atoms with Crippen molar-refractivity contribution in [3.05, 3.63) is 34.3 Å². The normalized spacial score (nSPS) is 13.3. The quantitative estimate of drug-likeness (QED) is 0.908. The first-order chi connectivity index (χ1) is 7.08. The van der Waals surface area contributed by atoms with Crippen molar-refractivity contribution in [3.8, 4) is 0 Å². The van der Waals surface area contributed by atoms with Crippen molar-refractivity contribution in [2.45, 2.75) is 26.4 Å². The predicted octanol–water partition coefficient (Wildman–Crippen LogP) is 2.33. The molecule has 2 heterocycles. The van der Waals surface area contributed by atoms with E-state index in [2.05, 4.69) is 27.0 Å². The summed E-state index contributed by atoms with van der Waals surface area (Å²) >= 11 is 3.43. The van der Waals surface area contributed by atoms with Crippen LogP contribution < -0.4 is 0 Å². The Morgan fingerprint density at radius 2 is 2.33 bits per heavy atom. The van der Waals surface area contributed by atoms with Gasteiger partial charge in [-0.3, -0.25) is 0 Å². The maximum atomic E-state index is 9.36. The van der Waals surface area contributed by atoms with Crippen LogP contribution in [0.1, 0.15) is 18.3 Å². The Balaban J connectivity index is 2.57. The number of imidazole rings is 1. The highest BCUT2D eigenvalue weighted by molar-refractivity contribution is 9.10. The van der Waals surface area contributed by atoms with Crippen molar-refractivity contribution in [3.63, 3.8) is 0 Å². The lowest BCUT2D eigenvalue weighted by molar-refractivity contribution is 0.192. The van der Waals surface area contributed by atoms with Gasteiger partial charge in [0.1, 0.15) is 10.4 Å². The van der Waals surface area contributed by atoms with Gasteiger partial charge in [0, 0.05) is 12.6 Å². The first kappa shape index (κ1) is 10.6. The van der Waals surface area contributed by atoms with Crippen LogP contribution in [0.3, 0.4) is 0 Å². The summed E-state index contributed by atoms with van der Waals surface area (Å²) < 4.78 is 2.84. The number of nitrogens with zero attached hydrogens (tertiary/aromatic N) is 2. The van der Waals surface area contributed by atoms with Gasteiger partial charge in [0.15, 0.2) is 0 Å². The lowest BCUT2D eigenvalue weighted by atomic mass is 10.2. The minimum Gasteiger partial charge on any atom is -0.393 e. The van der Waals surface area contributed by atoms with E-state index in [1.54, 1.807) is 6.92 Å². The van der Waals surface area contributed by atoms with Crippen molar-refractivity contribution >= 4 is 21.4 Å². The van der Waals surface area contributed by atoms with E-state index in [1.807, 2.05) is 23.6 Å². The van der Waals surface area contributed by atoms with E-state index in [9.17, 15) is 5.11 Å². The molecule has 15 heavy (non-hydrogen) atoms. The van der Waals surface area contributed by atoms with Gasteiger partial charge in [-0.15, -0.1) is 0 Å². The van der Waals surface area contributed by atoms with Gasteiger partial charge in [0.25, 0.3) is 0 Å². The molecule has 80 valence electrons. The Hall–Kier alpha value is -0.870. The molecule has 2 rings (SSSR count). The minimum atomic E-state index is -0.371. The monoisotopic (exact) mass is 268 g/mol. The maximum absolute atomic E-state index is 9.36. The molecule has 1 atom stereocenters. The fourth-order valence-corrected chi connectivity index (χ4v) is 2.13. The van der Waals surface area contributed by atoms with Crippen molar-refractivity contribution in [1.29, 1.82) is 0 Å². The molecule has 2 aromatic heterocycles. The molecular formula is C11H13BrN2O. The van der Waals surface area contributed by atoms with Crippen LogP contribution in [-0.2, 0) is 6.42 Å². The Labute approximate surface area is 96.9 Å². The SMILES string of the molecule is Cc1ccn2c(CC(C)O)nc(Br)c2c1. The van der Waals surface area contributed by atoms with E-state index in [0.717, 1.165) is 15.9 Å². The Bertz CT molecular complexity index is 491. The summed E-state index contributed by atoms with van der Waals surface area (Å²) in [6.45, 7) is 3.82. The molecule has 0 aliphatic heterocycles. The molecule has 0 aliphatic rings. The van der Waals surface area contributed by atoms with E-state index in [4.69, 9.17) is 0 Å². The van der Waals surface area contributed by atoms with E-state index in [1.165, 1.54) is 5.56 Å². The number of fused-ring (bicyclic) bond motifs is 1. The first-order valence-corrected chi connectivity index (χ1v) is 5.68. The van der Waals surface area contributed by atoms with Crippen molar-refractivity contribution in [1.82, 2.24) is 9.38 Å². The van der Waals surface area contributed by atoms with Crippen LogP contribution in [0, 0.1) is 6.92 Å². The van der Waals surface area contributed by atoms with Gasteiger partial charge < -0.3 is 9.51 Å².